The molecule has 0 atom stereocenters. The first-order chi connectivity index (χ1) is 9.71. The van der Waals surface area contributed by atoms with Crippen molar-refractivity contribution in [3.63, 3.8) is 0 Å². The van der Waals surface area contributed by atoms with E-state index in [-0.39, 0.29) is 0 Å². The van der Waals surface area contributed by atoms with Crippen LogP contribution in [-0.4, -0.2) is 22.1 Å². The van der Waals surface area contributed by atoms with Gasteiger partial charge in [-0.3, -0.25) is 0 Å². The molecule has 0 spiro atoms. The average Bonchev–Trinajstić information content (AvgIpc) is 2.45. The monoisotopic (exact) mass is 336 g/mol. The lowest BCUT2D eigenvalue weighted by atomic mass is 10.2. The SMILES string of the molecule is CCCc1nc(Br)cc(NCc2ccnc(OC)c2)n1. The standard InChI is InChI=1S/C14H17BrN4O/c1-3-4-12-18-11(15)8-13(19-12)17-9-10-5-6-16-14(7-10)20-2/h5-8H,3-4,9H2,1-2H3,(H,17,18,19). The van der Waals surface area contributed by atoms with Crippen LogP contribution >= 0.6 is 15.9 Å². The summed E-state index contributed by atoms with van der Waals surface area (Å²) in [4.78, 5) is 12.9. The molecule has 0 aliphatic carbocycles. The highest BCUT2D eigenvalue weighted by molar-refractivity contribution is 9.10. The zero-order valence-corrected chi connectivity index (χ0v) is 13.1. The van der Waals surface area contributed by atoms with Crippen molar-refractivity contribution in [1.82, 2.24) is 15.0 Å². The second-order valence-corrected chi connectivity index (χ2v) is 5.11. The van der Waals surface area contributed by atoms with Gasteiger partial charge in [-0.05, 0) is 34.0 Å². The van der Waals surface area contributed by atoms with Crippen LogP contribution in [0, 0.1) is 0 Å². The van der Waals surface area contributed by atoms with E-state index in [1.165, 1.54) is 0 Å². The van der Waals surface area contributed by atoms with E-state index in [9.17, 15) is 0 Å². The minimum Gasteiger partial charge on any atom is -0.481 e. The van der Waals surface area contributed by atoms with Crippen LogP contribution < -0.4 is 10.1 Å². The molecule has 2 rings (SSSR count). The number of methoxy groups -OCH3 is 1. The number of nitrogens with one attached hydrogen (secondary N) is 1. The molecule has 0 radical (unpaired) electrons. The number of nitrogens with zero attached hydrogens (tertiary/aromatic N) is 3. The summed E-state index contributed by atoms with van der Waals surface area (Å²) < 4.78 is 5.90. The number of aryl methyl sites for hydroxylation is 1. The summed E-state index contributed by atoms with van der Waals surface area (Å²) in [6, 6.07) is 5.71. The van der Waals surface area contributed by atoms with Gasteiger partial charge in [-0.15, -0.1) is 0 Å². The first-order valence-corrected chi connectivity index (χ1v) is 7.27. The van der Waals surface area contributed by atoms with Gasteiger partial charge in [0, 0.05) is 31.3 Å². The molecule has 6 heteroatoms. The van der Waals surface area contributed by atoms with E-state index >= 15 is 0 Å². The Kier molecular flexibility index (Phi) is 5.29. The molecule has 0 unspecified atom stereocenters. The zero-order valence-electron chi connectivity index (χ0n) is 11.6. The van der Waals surface area contributed by atoms with Gasteiger partial charge < -0.3 is 10.1 Å². The molecule has 0 saturated heterocycles. The van der Waals surface area contributed by atoms with Crippen LogP contribution in [-0.2, 0) is 13.0 Å². The Morgan fingerprint density at radius 1 is 1.30 bits per heavy atom. The quantitative estimate of drug-likeness (QED) is 0.820. The molecule has 0 aliphatic heterocycles. The number of aromatic nitrogens is 3. The highest BCUT2D eigenvalue weighted by Crippen LogP contribution is 2.15. The Morgan fingerprint density at radius 2 is 2.15 bits per heavy atom. The van der Waals surface area contributed by atoms with Crippen molar-refractivity contribution >= 4 is 21.7 Å². The third kappa shape index (κ3) is 4.16. The number of anilines is 1. The predicted molar refractivity (Wildman–Crippen MR) is 81.8 cm³/mol. The summed E-state index contributed by atoms with van der Waals surface area (Å²) in [5, 5.41) is 3.29. The summed E-state index contributed by atoms with van der Waals surface area (Å²) in [6.45, 7) is 2.77. The first-order valence-electron chi connectivity index (χ1n) is 6.47. The number of rotatable bonds is 6. The van der Waals surface area contributed by atoms with E-state index in [1.807, 2.05) is 18.2 Å². The van der Waals surface area contributed by atoms with Crippen molar-refractivity contribution in [3.8, 4) is 5.88 Å². The Morgan fingerprint density at radius 3 is 2.90 bits per heavy atom. The molecule has 0 aliphatic rings. The number of hydrogen-bond donors (Lipinski definition) is 1. The smallest absolute Gasteiger partial charge is 0.213 e. The largest absolute Gasteiger partial charge is 0.481 e. The predicted octanol–water partition coefficient (Wildman–Crippen LogP) is 3.21. The van der Waals surface area contributed by atoms with E-state index in [2.05, 4.69) is 43.1 Å². The number of hydrogen-bond acceptors (Lipinski definition) is 5. The van der Waals surface area contributed by atoms with E-state index in [0.717, 1.165) is 34.7 Å². The van der Waals surface area contributed by atoms with Gasteiger partial charge in [-0.2, -0.15) is 0 Å². The van der Waals surface area contributed by atoms with Crippen LogP contribution in [0.3, 0.4) is 0 Å². The van der Waals surface area contributed by atoms with Crippen molar-refractivity contribution < 1.29 is 4.74 Å². The van der Waals surface area contributed by atoms with Crippen LogP contribution in [0.1, 0.15) is 24.7 Å². The molecule has 20 heavy (non-hydrogen) atoms. The second kappa shape index (κ2) is 7.19. The zero-order chi connectivity index (χ0) is 14.4. The summed E-state index contributed by atoms with van der Waals surface area (Å²) in [7, 11) is 1.61. The van der Waals surface area contributed by atoms with Crippen molar-refractivity contribution in [2.24, 2.45) is 0 Å². The maximum absolute atomic E-state index is 5.11. The van der Waals surface area contributed by atoms with Crippen molar-refractivity contribution in [2.45, 2.75) is 26.3 Å². The molecule has 0 fully saturated rings. The van der Waals surface area contributed by atoms with E-state index in [4.69, 9.17) is 4.74 Å². The lowest BCUT2D eigenvalue weighted by molar-refractivity contribution is 0.397. The molecule has 2 aromatic heterocycles. The normalized spacial score (nSPS) is 10.3. The third-order valence-corrected chi connectivity index (χ3v) is 3.10. The van der Waals surface area contributed by atoms with Crippen LogP contribution in [0.4, 0.5) is 5.82 Å². The molecule has 2 heterocycles. The van der Waals surface area contributed by atoms with E-state index < -0.39 is 0 Å². The Balaban J connectivity index is 2.06. The van der Waals surface area contributed by atoms with Crippen LogP contribution in [0.5, 0.6) is 5.88 Å². The number of pyridine rings is 1. The highest BCUT2D eigenvalue weighted by atomic mass is 79.9. The number of halogens is 1. The van der Waals surface area contributed by atoms with Crippen LogP contribution in [0.2, 0.25) is 0 Å². The highest BCUT2D eigenvalue weighted by Gasteiger charge is 2.03. The first kappa shape index (κ1) is 14.7. The molecule has 0 bridgehead atoms. The molecule has 5 nitrogen and oxygen atoms in total. The maximum Gasteiger partial charge on any atom is 0.213 e. The lowest BCUT2D eigenvalue weighted by Gasteiger charge is -2.08. The van der Waals surface area contributed by atoms with Crippen molar-refractivity contribution in [3.05, 3.63) is 40.4 Å². The number of ether oxygens (including phenoxy) is 1. The van der Waals surface area contributed by atoms with Gasteiger partial charge in [0.1, 0.15) is 16.2 Å². The molecule has 106 valence electrons. The van der Waals surface area contributed by atoms with Gasteiger partial charge in [0.25, 0.3) is 0 Å². The fourth-order valence-corrected chi connectivity index (χ4v) is 2.18. The fourth-order valence-electron chi connectivity index (χ4n) is 1.76. The summed E-state index contributed by atoms with van der Waals surface area (Å²) in [6.07, 6.45) is 3.63. The van der Waals surface area contributed by atoms with Crippen molar-refractivity contribution in [2.75, 3.05) is 12.4 Å². The van der Waals surface area contributed by atoms with Gasteiger partial charge in [-0.1, -0.05) is 6.92 Å². The molecule has 0 aromatic carbocycles. The van der Waals surface area contributed by atoms with Crippen LogP contribution in [0.15, 0.2) is 29.0 Å². The topological polar surface area (TPSA) is 59.9 Å². The van der Waals surface area contributed by atoms with Gasteiger partial charge in [0.2, 0.25) is 5.88 Å². The second-order valence-electron chi connectivity index (χ2n) is 4.30. The summed E-state index contributed by atoms with van der Waals surface area (Å²) in [5.41, 5.74) is 1.09. The minimum atomic E-state index is 0.611. The minimum absolute atomic E-state index is 0.611. The van der Waals surface area contributed by atoms with Gasteiger partial charge in [0.05, 0.1) is 7.11 Å². The molecule has 0 amide bonds. The third-order valence-electron chi connectivity index (χ3n) is 2.70. The summed E-state index contributed by atoms with van der Waals surface area (Å²) >= 11 is 3.41. The Bertz CT molecular complexity index is 577. The lowest BCUT2D eigenvalue weighted by Crippen LogP contribution is -2.05. The van der Waals surface area contributed by atoms with Gasteiger partial charge in [-0.25, -0.2) is 15.0 Å². The Labute approximate surface area is 127 Å². The molecule has 2 aromatic rings. The van der Waals surface area contributed by atoms with Gasteiger partial charge >= 0.3 is 0 Å². The summed E-state index contributed by atoms with van der Waals surface area (Å²) in [5.74, 6) is 2.27. The molecular formula is C14H17BrN4O. The fraction of sp³-hybridized carbons (Fsp3) is 0.357. The average molecular weight is 337 g/mol. The molecular weight excluding hydrogens is 320 g/mol. The van der Waals surface area contributed by atoms with Crippen LogP contribution in [0.25, 0.3) is 0 Å². The van der Waals surface area contributed by atoms with E-state index in [1.54, 1.807) is 13.3 Å². The maximum atomic E-state index is 5.11. The van der Waals surface area contributed by atoms with Gasteiger partial charge in [0.15, 0.2) is 0 Å². The molecule has 0 saturated carbocycles. The van der Waals surface area contributed by atoms with E-state index in [0.29, 0.717) is 12.4 Å². The molecule has 1 N–H and O–H groups in total. The Hall–Kier alpha value is -1.69. The van der Waals surface area contributed by atoms with Crippen molar-refractivity contribution in [1.29, 1.82) is 0 Å².